The first-order valence-electron chi connectivity index (χ1n) is 10.3. The van der Waals surface area contributed by atoms with Gasteiger partial charge in [0.05, 0.1) is 10.9 Å². The Hall–Kier alpha value is -2.22. The summed E-state index contributed by atoms with van der Waals surface area (Å²) in [6, 6.07) is 13.3. The maximum atomic E-state index is 13.1. The highest BCUT2D eigenvalue weighted by atomic mass is 32.2. The molecule has 1 amide bonds. The van der Waals surface area contributed by atoms with E-state index in [9.17, 15) is 13.2 Å². The molecular formula is C23H31N3O3S. The van der Waals surface area contributed by atoms with E-state index < -0.39 is 10.0 Å². The summed E-state index contributed by atoms with van der Waals surface area (Å²) in [6.45, 7) is 9.94. The molecule has 1 saturated heterocycles. The van der Waals surface area contributed by atoms with Crippen molar-refractivity contribution in [3.05, 3.63) is 64.7 Å². The van der Waals surface area contributed by atoms with Gasteiger partial charge in [-0.25, -0.2) is 8.42 Å². The summed E-state index contributed by atoms with van der Waals surface area (Å²) < 4.78 is 27.7. The highest BCUT2D eigenvalue weighted by Gasteiger charge is 2.32. The zero-order valence-electron chi connectivity index (χ0n) is 18.2. The van der Waals surface area contributed by atoms with E-state index in [1.165, 1.54) is 9.87 Å². The minimum absolute atomic E-state index is 0.0404. The van der Waals surface area contributed by atoms with Crippen LogP contribution in [0.3, 0.4) is 0 Å². The Morgan fingerprint density at radius 1 is 0.967 bits per heavy atom. The van der Waals surface area contributed by atoms with Gasteiger partial charge in [-0.1, -0.05) is 42.0 Å². The number of hydrogen-bond acceptors (Lipinski definition) is 4. The SMILES string of the molecule is Cc1ccc(CNC(=O)C(C)N2CCN(S(=O)(=O)c3cc(C)ccc3C)CC2)cc1. The number of piperazine rings is 1. The van der Waals surface area contributed by atoms with E-state index in [1.54, 1.807) is 6.07 Å². The van der Waals surface area contributed by atoms with Gasteiger partial charge in [0, 0.05) is 32.7 Å². The van der Waals surface area contributed by atoms with Crippen LogP contribution in [0.15, 0.2) is 47.4 Å². The Morgan fingerprint density at radius 2 is 1.57 bits per heavy atom. The molecule has 3 rings (SSSR count). The molecular weight excluding hydrogens is 398 g/mol. The summed E-state index contributed by atoms with van der Waals surface area (Å²) in [5.41, 5.74) is 3.93. The van der Waals surface area contributed by atoms with Gasteiger partial charge in [-0.05, 0) is 50.5 Å². The molecule has 0 saturated carbocycles. The van der Waals surface area contributed by atoms with Gasteiger partial charge < -0.3 is 5.32 Å². The summed E-state index contributed by atoms with van der Waals surface area (Å²) in [5, 5.41) is 2.98. The highest BCUT2D eigenvalue weighted by Crippen LogP contribution is 2.23. The van der Waals surface area contributed by atoms with Crippen molar-refractivity contribution in [1.29, 1.82) is 0 Å². The molecule has 2 aromatic rings. The standard InChI is InChI=1S/C23H31N3O3S/c1-17-6-9-21(10-7-17)16-24-23(27)20(4)25-11-13-26(14-12-25)30(28,29)22-15-18(2)5-8-19(22)3/h5-10,15,20H,11-14,16H2,1-4H3,(H,24,27). The fourth-order valence-corrected chi connectivity index (χ4v) is 5.40. The summed E-state index contributed by atoms with van der Waals surface area (Å²) in [4.78, 5) is 15.0. The van der Waals surface area contributed by atoms with Crippen molar-refractivity contribution in [1.82, 2.24) is 14.5 Å². The molecule has 0 radical (unpaired) electrons. The molecule has 1 N–H and O–H groups in total. The number of amides is 1. The fraction of sp³-hybridized carbons (Fsp3) is 0.435. The first-order valence-corrected chi connectivity index (χ1v) is 11.8. The van der Waals surface area contributed by atoms with Gasteiger partial charge in [-0.3, -0.25) is 9.69 Å². The number of hydrogen-bond donors (Lipinski definition) is 1. The molecule has 2 aromatic carbocycles. The zero-order chi connectivity index (χ0) is 21.9. The van der Waals surface area contributed by atoms with E-state index in [4.69, 9.17) is 0 Å². The number of aryl methyl sites for hydroxylation is 3. The molecule has 1 aliphatic heterocycles. The van der Waals surface area contributed by atoms with Crippen molar-refractivity contribution in [2.45, 2.75) is 45.2 Å². The van der Waals surface area contributed by atoms with Gasteiger partial charge in [-0.15, -0.1) is 0 Å². The molecule has 0 aliphatic carbocycles. The van der Waals surface area contributed by atoms with Crippen LogP contribution in [0, 0.1) is 20.8 Å². The minimum Gasteiger partial charge on any atom is -0.351 e. The number of carbonyl (C=O) groups is 1. The van der Waals surface area contributed by atoms with Crippen LogP contribution in [0.5, 0.6) is 0 Å². The smallest absolute Gasteiger partial charge is 0.243 e. The second-order valence-electron chi connectivity index (χ2n) is 8.09. The summed E-state index contributed by atoms with van der Waals surface area (Å²) in [6.07, 6.45) is 0. The van der Waals surface area contributed by atoms with E-state index in [2.05, 4.69) is 5.32 Å². The van der Waals surface area contributed by atoms with Gasteiger partial charge in [0.1, 0.15) is 0 Å². The molecule has 1 unspecified atom stereocenters. The highest BCUT2D eigenvalue weighted by molar-refractivity contribution is 7.89. The van der Waals surface area contributed by atoms with Crippen molar-refractivity contribution >= 4 is 15.9 Å². The Balaban J connectivity index is 1.57. The van der Waals surface area contributed by atoms with E-state index in [0.717, 1.165) is 16.7 Å². The second kappa shape index (κ2) is 9.29. The Labute approximate surface area is 179 Å². The topological polar surface area (TPSA) is 69.7 Å². The largest absolute Gasteiger partial charge is 0.351 e. The van der Waals surface area contributed by atoms with Crippen molar-refractivity contribution in [2.75, 3.05) is 26.2 Å². The Kier molecular flexibility index (Phi) is 6.95. The van der Waals surface area contributed by atoms with Gasteiger partial charge in [0.2, 0.25) is 15.9 Å². The average Bonchev–Trinajstić information content (AvgIpc) is 2.74. The monoisotopic (exact) mass is 429 g/mol. The second-order valence-corrected chi connectivity index (χ2v) is 9.99. The molecule has 6 nitrogen and oxygen atoms in total. The van der Waals surface area contributed by atoms with Crippen LogP contribution >= 0.6 is 0 Å². The molecule has 1 fully saturated rings. The third-order valence-corrected chi connectivity index (χ3v) is 7.79. The number of benzene rings is 2. The first kappa shape index (κ1) is 22.5. The maximum absolute atomic E-state index is 13.1. The summed E-state index contributed by atoms with van der Waals surface area (Å²) in [7, 11) is -3.53. The molecule has 162 valence electrons. The summed E-state index contributed by atoms with van der Waals surface area (Å²) >= 11 is 0. The lowest BCUT2D eigenvalue weighted by molar-refractivity contribution is -0.126. The third-order valence-electron chi connectivity index (χ3n) is 5.75. The Morgan fingerprint density at radius 3 is 2.20 bits per heavy atom. The molecule has 0 spiro atoms. The lowest BCUT2D eigenvalue weighted by Gasteiger charge is -2.37. The molecule has 0 aromatic heterocycles. The third kappa shape index (κ3) is 5.09. The van der Waals surface area contributed by atoms with Crippen LogP contribution in [0.25, 0.3) is 0 Å². The van der Waals surface area contributed by atoms with E-state index in [0.29, 0.717) is 37.6 Å². The van der Waals surface area contributed by atoms with Crippen molar-refractivity contribution < 1.29 is 13.2 Å². The van der Waals surface area contributed by atoms with Gasteiger partial charge in [0.15, 0.2) is 0 Å². The van der Waals surface area contributed by atoms with E-state index >= 15 is 0 Å². The fourth-order valence-electron chi connectivity index (χ4n) is 3.66. The number of nitrogens with one attached hydrogen (secondary N) is 1. The van der Waals surface area contributed by atoms with Crippen LogP contribution in [-0.2, 0) is 21.4 Å². The minimum atomic E-state index is -3.53. The molecule has 1 atom stereocenters. The number of sulfonamides is 1. The van der Waals surface area contributed by atoms with Crippen LogP contribution < -0.4 is 5.32 Å². The van der Waals surface area contributed by atoms with Crippen molar-refractivity contribution in [2.24, 2.45) is 0 Å². The van der Waals surface area contributed by atoms with Gasteiger partial charge in [-0.2, -0.15) is 4.31 Å². The molecule has 7 heteroatoms. The van der Waals surface area contributed by atoms with Crippen LogP contribution in [0.2, 0.25) is 0 Å². The van der Waals surface area contributed by atoms with Crippen molar-refractivity contribution in [3.8, 4) is 0 Å². The number of nitrogens with zero attached hydrogens (tertiary/aromatic N) is 2. The van der Waals surface area contributed by atoms with Gasteiger partial charge in [0.25, 0.3) is 0 Å². The molecule has 1 aliphatic rings. The van der Waals surface area contributed by atoms with Crippen molar-refractivity contribution in [3.63, 3.8) is 0 Å². The first-order chi connectivity index (χ1) is 14.2. The molecule has 0 bridgehead atoms. The normalized spacial score (nSPS) is 16.9. The van der Waals surface area contributed by atoms with Crippen LogP contribution in [0.4, 0.5) is 0 Å². The lowest BCUT2D eigenvalue weighted by atomic mass is 10.1. The number of carbonyl (C=O) groups excluding carboxylic acids is 1. The predicted octanol–water partition coefficient (Wildman–Crippen LogP) is 2.62. The zero-order valence-corrected chi connectivity index (χ0v) is 19.0. The summed E-state index contributed by atoms with van der Waals surface area (Å²) in [5.74, 6) is -0.0404. The average molecular weight is 430 g/mol. The lowest BCUT2D eigenvalue weighted by Crippen LogP contribution is -2.54. The van der Waals surface area contributed by atoms with E-state index in [-0.39, 0.29) is 11.9 Å². The van der Waals surface area contributed by atoms with E-state index in [1.807, 2.05) is 69.0 Å². The van der Waals surface area contributed by atoms with Crippen LogP contribution in [-0.4, -0.2) is 55.8 Å². The number of rotatable bonds is 6. The quantitative estimate of drug-likeness (QED) is 0.766. The predicted molar refractivity (Wildman–Crippen MR) is 119 cm³/mol. The molecule has 30 heavy (non-hydrogen) atoms. The van der Waals surface area contributed by atoms with Gasteiger partial charge >= 0.3 is 0 Å². The molecule has 1 heterocycles. The van der Waals surface area contributed by atoms with Crippen LogP contribution in [0.1, 0.15) is 29.2 Å². The Bertz CT molecular complexity index is 995. The maximum Gasteiger partial charge on any atom is 0.243 e.